The summed E-state index contributed by atoms with van der Waals surface area (Å²) in [5, 5.41) is 16.3. The first-order chi connectivity index (χ1) is 9.98. The zero-order chi connectivity index (χ0) is 15.5. The third-order valence-electron chi connectivity index (χ3n) is 4.17. The molecular weight excluding hydrogens is 272 g/mol. The van der Waals surface area contributed by atoms with Gasteiger partial charge in [-0.15, -0.1) is 0 Å². The molecular formula is C14H22N4O3. The van der Waals surface area contributed by atoms with Crippen LogP contribution < -0.4 is 5.32 Å². The highest BCUT2D eigenvalue weighted by molar-refractivity contribution is 5.79. The molecule has 0 aliphatic carbocycles. The van der Waals surface area contributed by atoms with Crippen LogP contribution in [-0.4, -0.2) is 44.9 Å². The molecule has 7 nitrogen and oxygen atoms in total. The minimum absolute atomic E-state index is 0.213. The molecule has 2 heterocycles. The van der Waals surface area contributed by atoms with Crippen LogP contribution in [0.15, 0.2) is 12.3 Å². The molecule has 2 rings (SSSR count). The summed E-state index contributed by atoms with van der Waals surface area (Å²) < 4.78 is 1.70. The molecule has 0 spiro atoms. The molecule has 1 aliphatic rings. The van der Waals surface area contributed by atoms with E-state index in [1.54, 1.807) is 15.8 Å². The van der Waals surface area contributed by atoms with E-state index in [0.29, 0.717) is 25.9 Å². The number of aliphatic carboxylic acids is 1. The Hall–Kier alpha value is -2.05. The topological polar surface area (TPSA) is 87.5 Å². The molecule has 1 aromatic heterocycles. The average Bonchev–Trinajstić information content (AvgIpc) is 3.04. The van der Waals surface area contributed by atoms with Crippen LogP contribution in [0.4, 0.5) is 4.79 Å². The highest BCUT2D eigenvalue weighted by atomic mass is 16.4. The molecule has 1 aliphatic heterocycles. The standard InChI is InChI=1S/C14H22N4O3/c1-3-5-14(12(19)20)6-8-18(10-14)13(21)15-9-11-4-7-16-17(11)2/h4,7H,3,5-6,8-10H2,1-2H3,(H,15,21)(H,19,20). The Labute approximate surface area is 123 Å². The average molecular weight is 294 g/mol. The lowest BCUT2D eigenvalue weighted by Crippen LogP contribution is -2.41. The van der Waals surface area contributed by atoms with Crippen LogP contribution in [0.5, 0.6) is 0 Å². The molecule has 0 radical (unpaired) electrons. The maximum atomic E-state index is 12.2. The largest absolute Gasteiger partial charge is 0.481 e. The lowest BCUT2D eigenvalue weighted by molar-refractivity contribution is -0.148. The molecule has 1 unspecified atom stereocenters. The van der Waals surface area contributed by atoms with Crippen molar-refractivity contribution in [3.05, 3.63) is 18.0 Å². The minimum Gasteiger partial charge on any atom is -0.481 e. The van der Waals surface area contributed by atoms with Crippen molar-refractivity contribution in [1.82, 2.24) is 20.0 Å². The second kappa shape index (κ2) is 6.15. The Bertz CT molecular complexity index is 528. The Morgan fingerprint density at radius 2 is 2.29 bits per heavy atom. The fourth-order valence-electron chi connectivity index (χ4n) is 2.86. The van der Waals surface area contributed by atoms with Crippen LogP contribution in [0.1, 0.15) is 31.9 Å². The number of nitrogens with zero attached hydrogens (tertiary/aromatic N) is 3. The number of aromatic nitrogens is 2. The van der Waals surface area contributed by atoms with Crippen molar-refractivity contribution in [2.45, 2.75) is 32.7 Å². The Kier molecular flexibility index (Phi) is 4.50. The first-order valence-corrected chi connectivity index (χ1v) is 7.21. The van der Waals surface area contributed by atoms with Crippen molar-refractivity contribution in [3.8, 4) is 0 Å². The van der Waals surface area contributed by atoms with Gasteiger partial charge >= 0.3 is 12.0 Å². The molecule has 0 bridgehead atoms. The number of amides is 2. The van der Waals surface area contributed by atoms with E-state index in [9.17, 15) is 14.7 Å². The van der Waals surface area contributed by atoms with Crippen molar-refractivity contribution in [2.75, 3.05) is 13.1 Å². The zero-order valence-electron chi connectivity index (χ0n) is 12.5. The highest BCUT2D eigenvalue weighted by Gasteiger charge is 2.45. The van der Waals surface area contributed by atoms with Crippen LogP contribution in [0, 0.1) is 5.41 Å². The predicted octanol–water partition coefficient (Wildman–Crippen LogP) is 1.21. The molecule has 1 fully saturated rings. The molecule has 1 aromatic rings. The summed E-state index contributed by atoms with van der Waals surface area (Å²) >= 11 is 0. The summed E-state index contributed by atoms with van der Waals surface area (Å²) in [5.41, 5.74) is 0.124. The van der Waals surface area contributed by atoms with Gasteiger partial charge in [-0.25, -0.2) is 4.79 Å². The number of nitrogens with one attached hydrogen (secondary N) is 1. The molecule has 116 valence electrons. The van der Waals surface area contributed by atoms with Gasteiger partial charge in [-0.05, 0) is 18.9 Å². The van der Waals surface area contributed by atoms with Crippen LogP contribution in [-0.2, 0) is 18.4 Å². The van der Waals surface area contributed by atoms with Crippen LogP contribution in [0.25, 0.3) is 0 Å². The number of urea groups is 1. The van der Waals surface area contributed by atoms with E-state index >= 15 is 0 Å². The second-order valence-electron chi connectivity index (χ2n) is 5.61. The van der Waals surface area contributed by atoms with Gasteiger partial charge in [0, 0.05) is 26.3 Å². The maximum absolute atomic E-state index is 12.2. The lowest BCUT2D eigenvalue weighted by Gasteiger charge is -2.24. The predicted molar refractivity (Wildman–Crippen MR) is 76.6 cm³/mol. The van der Waals surface area contributed by atoms with Gasteiger partial charge in [0.2, 0.25) is 0 Å². The molecule has 21 heavy (non-hydrogen) atoms. The number of carbonyl (C=O) groups is 2. The number of aryl methyl sites for hydroxylation is 1. The van der Waals surface area contributed by atoms with E-state index < -0.39 is 11.4 Å². The smallest absolute Gasteiger partial charge is 0.317 e. The second-order valence-corrected chi connectivity index (χ2v) is 5.61. The maximum Gasteiger partial charge on any atom is 0.317 e. The Balaban J connectivity index is 1.92. The minimum atomic E-state index is -0.800. The van der Waals surface area contributed by atoms with Crippen molar-refractivity contribution >= 4 is 12.0 Å². The number of rotatable bonds is 5. The number of hydrogen-bond donors (Lipinski definition) is 2. The van der Waals surface area contributed by atoms with Crippen molar-refractivity contribution in [3.63, 3.8) is 0 Å². The number of carbonyl (C=O) groups excluding carboxylic acids is 1. The summed E-state index contributed by atoms with van der Waals surface area (Å²) in [4.78, 5) is 25.3. The zero-order valence-corrected chi connectivity index (χ0v) is 12.5. The van der Waals surface area contributed by atoms with Crippen LogP contribution in [0.2, 0.25) is 0 Å². The number of carboxylic acids is 1. The lowest BCUT2D eigenvalue weighted by atomic mass is 9.83. The quantitative estimate of drug-likeness (QED) is 0.854. The number of likely N-dealkylation sites (tertiary alicyclic amines) is 1. The van der Waals surface area contributed by atoms with Gasteiger partial charge < -0.3 is 15.3 Å². The van der Waals surface area contributed by atoms with E-state index in [-0.39, 0.29) is 12.6 Å². The summed E-state index contributed by atoms with van der Waals surface area (Å²) in [6.45, 7) is 3.13. The molecule has 0 aromatic carbocycles. The third-order valence-corrected chi connectivity index (χ3v) is 4.17. The molecule has 7 heteroatoms. The van der Waals surface area contributed by atoms with Gasteiger partial charge in [0.25, 0.3) is 0 Å². The van der Waals surface area contributed by atoms with Crippen molar-refractivity contribution in [1.29, 1.82) is 0 Å². The van der Waals surface area contributed by atoms with Gasteiger partial charge in [0.15, 0.2) is 0 Å². The molecule has 2 N–H and O–H groups in total. The van der Waals surface area contributed by atoms with E-state index in [1.807, 2.05) is 20.0 Å². The fraction of sp³-hybridized carbons (Fsp3) is 0.643. The third kappa shape index (κ3) is 3.17. The van der Waals surface area contributed by atoms with Crippen molar-refractivity contribution in [2.24, 2.45) is 12.5 Å². The summed E-state index contributed by atoms with van der Waals surface area (Å²) in [6.07, 6.45) is 3.61. The SMILES string of the molecule is CCCC1(C(=O)O)CCN(C(=O)NCc2ccnn2C)C1. The number of carboxylic acid groups (broad SMARTS) is 1. The van der Waals surface area contributed by atoms with E-state index in [0.717, 1.165) is 12.1 Å². The van der Waals surface area contributed by atoms with Gasteiger partial charge in [-0.2, -0.15) is 5.10 Å². The van der Waals surface area contributed by atoms with Gasteiger partial charge in [0.1, 0.15) is 0 Å². The molecule has 1 atom stereocenters. The normalized spacial score (nSPS) is 21.5. The van der Waals surface area contributed by atoms with E-state index in [2.05, 4.69) is 10.4 Å². The number of hydrogen-bond acceptors (Lipinski definition) is 3. The fourth-order valence-corrected chi connectivity index (χ4v) is 2.86. The summed E-state index contributed by atoms with van der Waals surface area (Å²) in [7, 11) is 1.81. The first-order valence-electron chi connectivity index (χ1n) is 7.21. The summed E-state index contributed by atoms with van der Waals surface area (Å²) in [6, 6.07) is 1.62. The summed E-state index contributed by atoms with van der Waals surface area (Å²) in [5.74, 6) is -0.800. The monoisotopic (exact) mass is 294 g/mol. The van der Waals surface area contributed by atoms with Gasteiger partial charge in [-0.1, -0.05) is 13.3 Å². The molecule has 1 saturated heterocycles. The van der Waals surface area contributed by atoms with E-state index in [4.69, 9.17) is 0 Å². The van der Waals surface area contributed by atoms with Gasteiger partial charge in [-0.3, -0.25) is 9.48 Å². The molecule has 2 amide bonds. The van der Waals surface area contributed by atoms with Crippen molar-refractivity contribution < 1.29 is 14.7 Å². The van der Waals surface area contributed by atoms with E-state index in [1.165, 1.54) is 0 Å². The first kappa shape index (κ1) is 15.3. The highest BCUT2D eigenvalue weighted by Crippen LogP contribution is 2.35. The van der Waals surface area contributed by atoms with Crippen LogP contribution in [0.3, 0.4) is 0 Å². The van der Waals surface area contributed by atoms with Crippen LogP contribution >= 0.6 is 0 Å². The Morgan fingerprint density at radius 3 is 2.86 bits per heavy atom. The van der Waals surface area contributed by atoms with Gasteiger partial charge in [0.05, 0.1) is 17.7 Å². The Morgan fingerprint density at radius 1 is 1.52 bits per heavy atom. The molecule has 0 saturated carbocycles.